The highest BCUT2D eigenvalue weighted by Gasteiger charge is 2.12. The van der Waals surface area contributed by atoms with Crippen LogP contribution in [0.4, 0.5) is 0 Å². The van der Waals surface area contributed by atoms with Crippen molar-refractivity contribution in [2.75, 3.05) is 5.88 Å². The van der Waals surface area contributed by atoms with E-state index in [0.29, 0.717) is 5.88 Å². The van der Waals surface area contributed by atoms with Gasteiger partial charge in [-0.1, -0.05) is 35.0 Å². The second-order valence-electron chi connectivity index (χ2n) is 4.96. The molecule has 3 aromatic rings. The SMILES string of the molecule is CCc1ccc(-n2c(CCCl)nc3cc(Br)ccc32)cc1. The van der Waals surface area contributed by atoms with Gasteiger partial charge in [0, 0.05) is 22.5 Å². The standard InChI is InChI=1S/C17H16BrClN2/c1-2-12-3-6-14(7-4-12)21-16-8-5-13(18)11-15(16)20-17(21)9-10-19/h3-8,11H,2,9-10H2,1H3. The molecule has 3 rings (SSSR count). The van der Waals surface area contributed by atoms with E-state index in [9.17, 15) is 0 Å². The first-order valence-corrected chi connectivity index (χ1v) is 8.38. The fourth-order valence-electron chi connectivity index (χ4n) is 2.52. The molecule has 0 aliphatic rings. The number of rotatable bonds is 4. The van der Waals surface area contributed by atoms with Crippen LogP contribution < -0.4 is 0 Å². The van der Waals surface area contributed by atoms with Crippen LogP contribution in [0.2, 0.25) is 0 Å². The molecule has 4 heteroatoms. The van der Waals surface area contributed by atoms with Crippen LogP contribution in [-0.4, -0.2) is 15.4 Å². The molecule has 2 nitrogen and oxygen atoms in total. The summed E-state index contributed by atoms with van der Waals surface area (Å²) in [7, 11) is 0. The lowest BCUT2D eigenvalue weighted by Gasteiger charge is -2.09. The molecule has 1 aromatic heterocycles. The van der Waals surface area contributed by atoms with E-state index in [0.717, 1.165) is 39.9 Å². The lowest BCUT2D eigenvalue weighted by Crippen LogP contribution is -2.02. The Hall–Kier alpha value is -1.32. The second kappa shape index (κ2) is 6.20. The van der Waals surface area contributed by atoms with Crippen molar-refractivity contribution in [3.05, 3.63) is 58.3 Å². The Morgan fingerprint density at radius 1 is 1.14 bits per heavy atom. The lowest BCUT2D eigenvalue weighted by molar-refractivity contribution is 0.911. The summed E-state index contributed by atoms with van der Waals surface area (Å²) >= 11 is 9.44. The molecule has 2 aromatic carbocycles. The maximum atomic E-state index is 5.94. The summed E-state index contributed by atoms with van der Waals surface area (Å²) in [6.07, 6.45) is 1.80. The maximum absolute atomic E-state index is 5.94. The zero-order valence-electron chi connectivity index (χ0n) is 11.8. The third-order valence-electron chi connectivity index (χ3n) is 3.61. The van der Waals surface area contributed by atoms with Crippen molar-refractivity contribution in [3.8, 4) is 5.69 Å². The number of hydrogen-bond acceptors (Lipinski definition) is 1. The van der Waals surface area contributed by atoms with E-state index < -0.39 is 0 Å². The Morgan fingerprint density at radius 2 is 1.90 bits per heavy atom. The zero-order valence-corrected chi connectivity index (χ0v) is 14.2. The molecule has 0 aliphatic heterocycles. The van der Waals surface area contributed by atoms with Crippen LogP contribution >= 0.6 is 27.5 Å². The van der Waals surface area contributed by atoms with E-state index in [2.05, 4.69) is 57.8 Å². The van der Waals surface area contributed by atoms with Crippen molar-refractivity contribution < 1.29 is 0 Å². The molecule has 0 saturated carbocycles. The Labute approximate surface area is 137 Å². The number of benzene rings is 2. The number of fused-ring (bicyclic) bond motifs is 1. The van der Waals surface area contributed by atoms with Crippen molar-refractivity contribution in [2.24, 2.45) is 0 Å². The van der Waals surface area contributed by atoms with Gasteiger partial charge in [-0.3, -0.25) is 4.57 Å². The predicted molar refractivity (Wildman–Crippen MR) is 92.6 cm³/mol. The Bertz CT molecular complexity index is 762. The molecule has 0 aliphatic carbocycles. The number of alkyl halides is 1. The van der Waals surface area contributed by atoms with E-state index in [1.54, 1.807) is 0 Å². The predicted octanol–water partition coefficient (Wildman–Crippen LogP) is 5.13. The summed E-state index contributed by atoms with van der Waals surface area (Å²) in [5.74, 6) is 1.57. The number of halogens is 2. The molecule has 0 N–H and O–H groups in total. The number of nitrogens with zero attached hydrogens (tertiary/aromatic N) is 2. The zero-order chi connectivity index (χ0) is 14.8. The van der Waals surface area contributed by atoms with E-state index in [-0.39, 0.29) is 0 Å². The van der Waals surface area contributed by atoms with Gasteiger partial charge in [-0.2, -0.15) is 0 Å². The van der Waals surface area contributed by atoms with E-state index in [1.807, 2.05) is 12.1 Å². The summed E-state index contributed by atoms with van der Waals surface area (Å²) in [6.45, 7) is 2.16. The van der Waals surface area contributed by atoms with Gasteiger partial charge in [-0.15, -0.1) is 11.6 Å². The monoisotopic (exact) mass is 362 g/mol. The molecule has 0 atom stereocenters. The summed E-state index contributed by atoms with van der Waals surface area (Å²) in [5, 5.41) is 0. The fourth-order valence-corrected chi connectivity index (χ4v) is 3.04. The number of aryl methyl sites for hydroxylation is 2. The molecular weight excluding hydrogens is 348 g/mol. The van der Waals surface area contributed by atoms with Crippen molar-refractivity contribution >= 4 is 38.6 Å². The average molecular weight is 364 g/mol. The molecule has 0 unspecified atom stereocenters. The van der Waals surface area contributed by atoms with Crippen LogP contribution in [0.15, 0.2) is 46.9 Å². The van der Waals surface area contributed by atoms with Crippen LogP contribution in [-0.2, 0) is 12.8 Å². The minimum atomic E-state index is 0.567. The molecule has 0 bridgehead atoms. The van der Waals surface area contributed by atoms with E-state index >= 15 is 0 Å². The van der Waals surface area contributed by atoms with E-state index in [1.165, 1.54) is 5.56 Å². The third kappa shape index (κ3) is 2.85. The van der Waals surface area contributed by atoms with Gasteiger partial charge in [0.25, 0.3) is 0 Å². The number of imidazole rings is 1. The van der Waals surface area contributed by atoms with Crippen molar-refractivity contribution in [2.45, 2.75) is 19.8 Å². The lowest BCUT2D eigenvalue weighted by atomic mass is 10.1. The molecule has 21 heavy (non-hydrogen) atoms. The normalized spacial score (nSPS) is 11.2. The molecule has 0 radical (unpaired) electrons. The smallest absolute Gasteiger partial charge is 0.115 e. The first kappa shape index (κ1) is 14.6. The largest absolute Gasteiger partial charge is 0.296 e. The number of aromatic nitrogens is 2. The van der Waals surface area contributed by atoms with Gasteiger partial charge >= 0.3 is 0 Å². The number of hydrogen-bond donors (Lipinski definition) is 0. The van der Waals surface area contributed by atoms with Gasteiger partial charge in [0.05, 0.1) is 11.0 Å². The Kier molecular flexibility index (Phi) is 4.32. The van der Waals surface area contributed by atoms with Crippen LogP contribution in [0, 0.1) is 0 Å². The minimum absolute atomic E-state index is 0.567. The molecule has 1 heterocycles. The van der Waals surface area contributed by atoms with Gasteiger partial charge in [-0.25, -0.2) is 4.98 Å². The van der Waals surface area contributed by atoms with Gasteiger partial charge < -0.3 is 0 Å². The minimum Gasteiger partial charge on any atom is -0.296 e. The highest BCUT2D eigenvalue weighted by atomic mass is 79.9. The van der Waals surface area contributed by atoms with Gasteiger partial charge in [0.1, 0.15) is 5.82 Å². The van der Waals surface area contributed by atoms with Crippen molar-refractivity contribution in [1.29, 1.82) is 0 Å². The highest BCUT2D eigenvalue weighted by molar-refractivity contribution is 9.10. The topological polar surface area (TPSA) is 17.8 Å². The van der Waals surface area contributed by atoms with Crippen LogP contribution in [0.1, 0.15) is 18.3 Å². The first-order valence-electron chi connectivity index (χ1n) is 7.05. The Morgan fingerprint density at radius 3 is 2.57 bits per heavy atom. The van der Waals surface area contributed by atoms with Crippen LogP contribution in [0.3, 0.4) is 0 Å². The quantitative estimate of drug-likeness (QED) is 0.587. The molecular formula is C17H16BrClN2. The summed E-state index contributed by atoms with van der Waals surface area (Å²) in [4.78, 5) is 4.73. The van der Waals surface area contributed by atoms with Crippen molar-refractivity contribution in [1.82, 2.24) is 9.55 Å². The molecule has 0 amide bonds. The molecule has 0 saturated heterocycles. The van der Waals surface area contributed by atoms with Crippen molar-refractivity contribution in [3.63, 3.8) is 0 Å². The fraction of sp³-hybridized carbons (Fsp3) is 0.235. The van der Waals surface area contributed by atoms with Crippen LogP contribution in [0.5, 0.6) is 0 Å². The average Bonchev–Trinajstić information content (AvgIpc) is 2.85. The summed E-state index contributed by atoms with van der Waals surface area (Å²) in [5.41, 5.74) is 4.58. The van der Waals surface area contributed by atoms with Gasteiger partial charge in [0.2, 0.25) is 0 Å². The second-order valence-corrected chi connectivity index (χ2v) is 6.25. The summed E-state index contributed by atoms with van der Waals surface area (Å²) in [6, 6.07) is 14.8. The third-order valence-corrected chi connectivity index (χ3v) is 4.29. The maximum Gasteiger partial charge on any atom is 0.115 e. The molecule has 108 valence electrons. The van der Waals surface area contributed by atoms with Gasteiger partial charge in [-0.05, 0) is 42.3 Å². The van der Waals surface area contributed by atoms with Crippen LogP contribution in [0.25, 0.3) is 16.7 Å². The molecule has 0 spiro atoms. The summed E-state index contributed by atoms with van der Waals surface area (Å²) < 4.78 is 3.24. The first-order chi connectivity index (χ1) is 10.2. The molecule has 0 fully saturated rings. The van der Waals surface area contributed by atoms with E-state index in [4.69, 9.17) is 16.6 Å². The Balaban J connectivity index is 2.20. The van der Waals surface area contributed by atoms with Gasteiger partial charge in [0.15, 0.2) is 0 Å². The highest BCUT2D eigenvalue weighted by Crippen LogP contribution is 2.25.